The summed E-state index contributed by atoms with van der Waals surface area (Å²) in [5, 5.41) is 7.19. The maximum atomic E-state index is 12.9. The zero-order valence-electron chi connectivity index (χ0n) is 10.4. The summed E-state index contributed by atoms with van der Waals surface area (Å²) in [6.45, 7) is 0. The maximum Gasteiger partial charge on any atom is 0.257 e. The van der Waals surface area contributed by atoms with E-state index in [1.165, 1.54) is 24.5 Å². The first-order valence-electron chi connectivity index (χ1n) is 5.59. The molecule has 2 rings (SSSR count). The number of benzene rings is 1. The van der Waals surface area contributed by atoms with Crippen LogP contribution in [0, 0.1) is 5.82 Å². The van der Waals surface area contributed by atoms with Crippen molar-refractivity contribution in [2.75, 3.05) is 12.4 Å². The fraction of sp³-hybridized carbons (Fsp3) is 0.0769. The van der Waals surface area contributed by atoms with E-state index in [0.717, 1.165) is 12.1 Å². The minimum atomic E-state index is -0.520. The van der Waals surface area contributed by atoms with Crippen molar-refractivity contribution < 1.29 is 14.0 Å². The lowest BCUT2D eigenvalue weighted by molar-refractivity contribution is 0.0964. The molecule has 4 nitrogen and oxygen atoms in total. The Balaban J connectivity index is 2.24. The van der Waals surface area contributed by atoms with Gasteiger partial charge in [0.15, 0.2) is 0 Å². The van der Waals surface area contributed by atoms with Crippen LogP contribution in [0.4, 0.5) is 9.39 Å². The zero-order valence-corrected chi connectivity index (χ0v) is 11.9. The molecule has 0 spiro atoms. The van der Waals surface area contributed by atoms with Crippen molar-refractivity contribution in [3.63, 3.8) is 0 Å². The third kappa shape index (κ3) is 2.97. The van der Waals surface area contributed by atoms with Gasteiger partial charge in [-0.05, 0) is 29.6 Å². The predicted molar refractivity (Wildman–Crippen MR) is 77.1 cm³/mol. The molecule has 0 fully saturated rings. The second-order valence-electron chi connectivity index (χ2n) is 3.82. The van der Waals surface area contributed by atoms with Crippen LogP contribution in [-0.2, 0) is 0 Å². The van der Waals surface area contributed by atoms with Gasteiger partial charge in [-0.25, -0.2) is 4.39 Å². The Morgan fingerprint density at radius 2 is 1.95 bits per heavy atom. The fourth-order valence-electron chi connectivity index (χ4n) is 1.56. The van der Waals surface area contributed by atoms with Crippen LogP contribution in [0.25, 0.3) is 0 Å². The molecule has 104 valence electrons. The summed E-state index contributed by atoms with van der Waals surface area (Å²) in [7, 11) is 1.50. The molecular formula is C13H10ClFN2O2S. The van der Waals surface area contributed by atoms with E-state index in [1.807, 2.05) is 0 Å². The third-order valence-electron chi connectivity index (χ3n) is 2.54. The van der Waals surface area contributed by atoms with E-state index in [0.29, 0.717) is 10.6 Å². The van der Waals surface area contributed by atoms with Crippen LogP contribution in [0.5, 0.6) is 0 Å². The largest absolute Gasteiger partial charge is 0.355 e. The Labute approximate surface area is 123 Å². The molecule has 0 aliphatic rings. The monoisotopic (exact) mass is 312 g/mol. The van der Waals surface area contributed by atoms with E-state index in [9.17, 15) is 14.0 Å². The zero-order chi connectivity index (χ0) is 14.7. The van der Waals surface area contributed by atoms with Gasteiger partial charge in [-0.2, -0.15) is 0 Å². The molecule has 20 heavy (non-hydrogen) atoms. The van der Waals surface area contributed by atoms with Gasteiger partial charge < -0.3 is 10.6 Å². The van der Waals surface area contributed by atoms with Crippen LogP contribution in [-0.4, -0.2) is 18.9 Å². The van der Waals surface area contributed by atoms with E-state index < -0.39 is 11.7 Å². The number of rotatable bonds is 3. The van der Waals surface area contributed by atoms with Crippen molar-refractivity contribution in [2.24, 2.45) is 0 Å². The van der Waals surface area contributed by atoms with Gasteiger partial charge in [0.1, 0.15) is 10.8 Å². The van der Waals surface area contributed by atoms with Crippen molar-refractivity contribution in [3.8, 4) is 0 Å². The van der Waals surface area contributed by atoms with Crippen molar-refractivity contribution in [3.05, 3.63) is 51.6 Å². The number of carbonyl (C=O) groups excluding carboxylic acids is 2. The maximum absolute atomic E-state index is 12.9. The molecule has 0 bridgehead atoms. The Morgan fingerprint density at radius 1 is 1.20 bits per heavy atom. The summed E-state index contributed by atoms with van der Waals surface area (Å²) in [5.41, 5.74) is 0.508. The quantitative estimate of drug-likeness (QED) is 0.914. The second-order valence-corrected chi connectivity index (χ2v) is 5.14. The van der Waals surface area contributed by atoms with E-state index in [-0.39, 0.29) is 16.5 Å². The number of halogens is 2. The Bertz CT molecular complexity index is 672. The van der Waals surface area contributed by atoms with Gasteiger partial charge in [0.2, 0.25) is 0 Å². The molecule has 1 aromatic heterocycles. The van der Waals surface area contributed by atoms with Crippen LogP contribution < -0.4 is 10.6 Å². The first-order chi connectivity index (χ1) is 9.52. The predicted octanol–water partition coefficient (Wildman–Crippen LogP) is 3.15. The summed E-state index contributed by atoms with van der Waals surface area (Å²) in [5.74, 6) is -1.32. The number of anilines is 1. The van der Waals surface area contributed by atoms with Gasteiger partial charge in [0.05, 0.1) is 16.1 Å². The highest BCUT2D eigenvalue weighted by Gasteiger charge is 2.16. The van der Waals surface area contributed by atoms with Crippen LogP contribution in [0.15, 0.2) is 29.6 Å². The van der Waals surface area contributed by atoms with Crippen molar-refractivity contribution in [1.82, 2.24) is 5.32 Å². The van der Waals surface area contributed by atoms with E-state index >= 15 is 0 Å². The summed E-state index contributed by atoms with van der Waals surface area (Å²) < 4.78 is 12.9. The smallest absolute Gasteiger partial charge is 0.257 e. The topological polar surface area (TPSA) is 58.2 Å². The van der Waals surface area contributed by atoms with Gasteiger partial charge in [0.25, 0.3) is 11.8 Å². The van der Waals surface area contributed by atoms with Gasteiger partial charge in [-0.15, -0.1) is 11.3 Å². The first kappa shape index (κ1) is 14.5. The average molecular weight is 313 g/mol. The molecule has 0 radical (unpaired) electrons. The minimum Gasteiger partial charge on any atom is -0.355 e. The minimum absolute atomic E-state index is 0.0144. The molecule has 0 unspecified atom stereocenters. The Kier molecular flexibility index (Phi) is 4.36. The molecule has 2 N–H and O–H groups in total. The molecule has 0 saturated carbocycles. The second kappa shape index (κ2) is 6.02. The highest BCUT2D eigenvalue weighted by molar-refractivity contribution is 7.14. The highest BCUT2D eigenvalue weighted by atomic mass is 35.5. The van der Waals surface area contributed by atoms with Crippen molar-refractivity contribution in [2.45, 2.75) is 0 Å². The van der Waals surface area contributed by atoms with Gasteiger partial charge in [-0.1, -0.05) is 11.6 Å². The van der Waals surface area contributed by atoms with Gasteiger partial charge in [-0.3, -0.25) is 9.59 Å². The van der Waals surface area contributed by atoms with E-state index in [2.05, 4.69) is 10.6 Å². The summed E-state index contributed by atoms with van der Waals surface area (Å²) in [4.78, 5) is 23.7. The van der Waals surface area contributed by atoms with Crippen LogP contribution in [0.2, 0.25) is 5.02 Å². The normalized spacial score (nSPS) is 10.2. The average Bonchev–Trinajstić information content (AvgIpc) is 2.85. The standard InChI is InChI=1S/C13H10ClFN2O2S/c1-16-11(18)9-4-5-20-13(9)17-12(19)8-3-2-7(15)6-10(8)14/h2-6H,1H3,(H,16,18)(H,17,19). The number of carbonyl (C=O) groups is 2. The fourth-order valence-corrected chi connectivity index (χ4v) is 2.60. The van der Waals surface area contributed by atoms with Crippen molar-refractivity contribution >= 4 is 39.8 Å². The molecule has 7 heteroatoms. The lowest BCUT2D eigenvalue weighted by Crippen LogP contribution is -2.20. The number of amides is 2. The molecule has 2 aromatic rings. The molecule has 2 amide bonds. The highest BCUT2D eigenvalue weighted by Crippen LogP contribution is 2.25. The van der Waals surface area contributed by atoms with Crippen molar-refractivity contribution in [1.29, 1.82) is 0 Å². The molecule has 1 heterocycles. The molecule has 0 aliphatic heterocycles. The Morgan fingerprint density at radius 3 is 2.60 bits per heavy atom. The lowest BCUT2D eigenvalue weighted by Gasteiger charge is -2.07. The van der Waals surface area contributed by atoms with E-state index in [1.54, 1.807) is 11.4 Å². The van der Waals surface area contributed by atoms with Gasteiger partial charge in [0, 0.05) is 7.05 Å². The number of hydrogen-bond acceptors (Lipinski definition) is 3. The number of hydrogen-bond donors (Lipinski definition) is 2. The van der Waals surface area contributed by atoms with Crippen LogP contribution >= 0.6 is 22.9 Å². The molecule has 1 aromatic carbocycles. The molecule has 0 aliphatic carbocycles. The summed E-state index contributed by atoms with van der Waals surface area (Å²) in [6, 6.07) is 5.10. The lowest BCUT2D eigenvalue weighted by atomic mass is 10.2. The molecule has 0 saturated heterocycles. The van der Waals surface area contributed by atoms with Crippen LogP contribution in [0.3, 0.4) is 0 Å². The van der Waals surface area contributed by atoms with Gasteiger partial charge >= 0.3 is 0 Å². The number of nitrogens with one attached hydrogen (secondary N) is 2. The third-order valence-corrected chi connectivity index (χ3v) is 3.68. The number of thiophene rings is 1. The van der Waals surface area contributed by atoms with Crippen LogP contribution in [0.1, 0.15) is 20.7 Å². The van der Waals surface area contributed by atoms with E-state index in [4.69, 9.17) is 11.6 Å². The molecular weight excluding hydrogens is 303 g/mol. The summed E-state index contributed by atoms with van der Waals surface area (Å²) in [6.07, 6.45) is 0. The first-order valence-corrected chi connectivity index (χ1v) is 6.84. The summed E-state index contributed by atoms with van der Waals surface area (Å²) >= 11 is 7.03. The SMILES string of the molecule is CNC(=O)c1ccsc1NC(=O)c1ccc(F)cc1Cl. The Hall–Kier alpha value is -1.92. The molecule has 0 atom stereocenters.